The Balaban J connectivity index is 2.05. The van der Waals surface area contributed by atoms with Crippen molar-refractivity contribution >= 4 is 17.6 Å². The number of nitrogens with zero attached hydrogens (tertiary/aromatic N) is 3. The largest absolute Gasteiger partial charge is 0.443 e. The van der Waals surface area contributed by atoms with Crippen LogP contribution < -0.4 is 10.6 Å². The average Bonchev–Trinajstić information content (AvgIpc) is 3.10. The first-order valence-electron chi connectivity index (χ1n) is 9.60. The second-order valence-electron chi connectivity index (χ2n) is 7.98. The third kappa shape index (κ3) is 6.53. The number of aromatic nitrogens is 1. The molecule has 1 heterocycles. The standard InChI is InChI=1S/C21H32ClN5O/c1-7-23-20(26-14-19-24-13-18(28-19)21(2,3)4)25-12-17(27(5)6)15-8-10-16(22)11-9-15/h8-11,13,17H,7,12,14H2,1-6H3,(H2,23,25,26). The molecule has 7 heteroatoms. The van der Waals surface area contributed by atoms with Crippen molar-refractivity contribution in [3.8, 4) is 0 Å². The molecule has 0 radical (unpaired) electrons. The van der Waals surface area contributed by atoms with Gasteiger partial charge in [-0.1, -0.05) is 44.5 Å². The summed E-state index contributed by atoms with van der Waals surface area (Å²) in [4.78, 5) is 11.1. The molecule has 2 rings (SSSR count). The number of hydrogen-bond acceptors (Lipinski definition) is 4. The highest BCUT2D eigenvalue weighted by atomic mass is 35.5. The van der Waals surface area contributed by atoms with Gasteiger partial charge >= 0.3 is 0 Å². The molecule has 2 N–H and O–H groups in total. The van der Waals surface area contributed by atoms with Crippen LogP contribution in [0.15, 0.2) is 39.9 Å². The van der Waals surface area contributed by atoms with Crippen molar-refractivity contribution in [2.24, 2.45) is 4.99 Å². The zero-order valence-corrected chi connectivity index (χ0v) is 18.5. The summed E-state index contributed by atoms with van der Waals surface area (Å²) in [5.41, 5.74) is 1.13. The summed E-state index contributed by atoms with van der Waals surface area (Å²) in [6.45, 7) is 10.2. The fraction of sp³-hybridized carbons (Fsp3) is 0.524. The van der Waals surface area contributed by atoms with Gasteiger partial charge < -0.3 is 20.0 Å². The molecule has 28 heavy (non-hydrogen) atoms. The molecular formula is C21H32ClN5O. The van der Waals surface area contributed by atoms with Gasteiger partial charge in [0.2, 0.25) is 5.89 Å². The lowest BCUT2D eigenvalue weighted by molar-refractivity contribution is 0.298. The Morgan fingerprint density at radius 3 is 2.43 bits per heavy atom. The number of halogens is 1. The Bertz CT molecular complexity index is 762. The SMILES string of the molecule is CCNC(=NCc1ncc(C(C)(C)C)o1)NCC(c1ccc(Cl)cc1)N(C)C. The molecule has 1 unspecified atom stereocenters. The maximum Gasteiger partial charge on any atom is 0.216 e. The fourth-order valence-electron chi connectivity index (χ4n) is 2.70. The molecule has 1 aromatic carbocycles. The number of guanidine groups is 1. The van der Waals surface area contributed by atoms with Crippen LogP contribution in [0.5, 0.6) is 0 Å². The van der Waals surface area contributed by atoms with E-state index in [1.807, 2.05) is 19.1 Å². The number of hydrogen-bond donors (Lipinski definition) is 2. The van der Waals surface area contributed by atoms with Gasteiger partial charge in [0, 0.05) is 23.5 Å². The van der Waals surface area contributed by atoms with Crippen LogP contribution in [0.3, 0.4) is 0 Å². The normalized spacial score (nSPS) is 13.6. The van der Waals surface area contributed by atoms with Gasteiger partial charge in [-0.05, 0) is 38.7 Å². The van der Waals surface area contributed by atoms with Crippen molar-refractivity contribution < 1.29 is 4.42 Å². The molecule has 6 nitrogen and oxygen atoms in total. The van der Waals surface area contributed by atoms with Crippen molar-refractivity contribution in [3.63, 3.8) is 0 Å². The number of nitrogens with one attached hydrogen (secondary N) is 2. The summed E-state index contributed by atoms with van der Waals surface area (Å²) in [5.74, 6) is 2.22. The topological polar surface area (TPSA) is 65.7 Å². The van der Waals surface area contributed by atoms with Crippen LogP contribution in [0.25, 0.3) is 0 Å². The maximum atomic E-state index is 6.02. The lowest BCUT2D eigenvalue weighted by atomic mass is 9.94. The summed E-state index contributed by atoms with van der Waals surface area (Å²) in [5, 5.41) is 7.43. The van der Waals surface area contributed by atoms with Gasteiger partial charge in [-0.3, -0.25) is 0 Å². The van der Waals surface area contributed by atoms with Gasteiger partial charge in [-0.15, -0.1) is 0 Å². The van der Waals surface area contributed by atoms with Gasteiger partial charge in [0.05, 0.1) is 12.2 Å². The van der Waals surface area contributed by atoms with Crippen molar-refractivity contribution in [2.75, 3.05) is 27.2 Å². The number of benzene rings is 1. The van der Waals surface area contributed by atoms with E-state index in [2.05, 4.69) is 72.5 Å². The highest BCUT2D eigenvalue weighted by Crippen LogP contribution is 2.23. The predicted octanol–water partition coefficient (Wildman–Crippen LogP) is 3.98. The summed E-state index contributed by atoms with van der Waals surface area (Å²) in [6.07, 6.45) is 1.79. The quantitative estimate of drug-likeness (QED) is 0.538. The second kappa shape index (κ2) is 9.94. The van der Waals surface area contributed by atoms with Crippen molar-refractivity contribution in [2.45, 2.75) is 45.7 Å². The summed E-state index contributed by atoms with van der Waals surface area (Å²) >= 11 is 6.02. The zero-order chi connectivity index (χ0) is 20.7. The molecule has 0 aliphatic rings. The van der Waals surface area contributed by atoms with Gasteiger partial charge in [-0.2, -0.15) is 0 Å². The minimum atomic E-state index is -0.0603. The molecule has 0 spiro atoms. The van der Waals surface area contributed by atoms with Gasteiger partial charge in [0.15, 0.2) is 5.96 Å². The number of aliphatic imine (C=N–C) groups is 1. The van der Waals surface area contributed by atoms with E-state index < -0.39 is 0 Å². The van der Waals surface area contributed by atoms with Crippen LogP contribution in [0.4, 0.5) is 0 Å². The Labute approximate surface area is 173 Å². The molecule has 154 valence electrons. The van der Waals surface area contributed by atoms with Crippen LogP contribution in [0, 0.1) is 0 Å². The molecule has 1 aromatic heterocycles. The Kier molecular flexibility index (Phi) is 7.89. The molecule has 0 saturated carbocycles. The molecule has 1 atom stereocenters. The van der Waals surface area contributed by atoms with Gasteiger partial charge in [-0.25, -0.2) is 9.98 Å². The first-order chi connectivity index (χ1) is 13.2. The third-order valence-electron chi connectivity index (χ3n) is 4.35. The smallest absolute Gasteiger partial charge is 0.216 e. The fourth-order valence-corrected chi connectivity index (χ4v) is 2.82. The summed E-state index contributed by atoms with van der Waals surface area (Å²) in [7, 11) is 4.12. The first kappa shape index (κ1) is 22.2. The van der Waals surface area contributed by atoms with E-state index >= 15 is 0 Å². The van der Waals surface area contributed by atoms with Crippen LogP contribution in [-0.4, -0.2) is 43.0 Å². The molecule has 0 fully saturated rings. The molecule has 0 saturated heterocycles. The summed E-state index contributed by atoms with van der Waals surface area (Å²) < 4.78 is 5.83. The van der Waals surface area contributed by atoms with Crippen molar-refractivity contribution in [3.05, 3.63) is 52.7 Å². The van der Waals surface area contributed by atoms with Gasteiger partial charge in [0.1, 0.15) is 12.3 Å². The highest BCUT2D eigenvalue weighted by Gasteiger charge is 2.19. The van der Waals surface area contributed by atoms with Crippen LogP contribution in [-0.2, 0) is 12.0 Å². The van der Waals surface area contributed by atoms with Crippen LogP contribution >= 0.6 is 11.6 Å². The Morgan fingerprint density at radius 1 is 1.21 bits per heavy atom. The lowest BCUT2D eigenvalue weighted by Gasteiger charge is -2.26. The molecule has 0 amide bonds. The molecule has 0 bridgehead atoms. The Morgan fingerprint density at radius 2 is 1.89 bits per heavy atom. The predicted molar refractivity (Wildman–Crippen MR) is 116 cm³/mol. The first-order valence-corrected chi connectivity index (χ1v) is 9.97. The third-order valence-corrected chi connectivity index (χ3v) is 4.60. The minimum Gasteiger partial charge on any atom is -0.443 e. The number of likely N-dealkylation sites (N-methyl/N-ethyl adjacent to an activating group) is 1. The second-order valence-corrected chi connectivity index (χ2v) is 8.41. The molecule has 0 aliphatic heterocycles. The van der Waals surface area contributed by atoms with Crippen LogP contribution in [0.2, 0.25) is 5.02 Å². The highest BCUT2D eigenvalue weighted by molar-refractivity contribution is 6.30. The number of rotatable bonds is 7. The van der Waals surface area contributed by atoms with Crippen LogP contribution in [0.1, 0.15) is 51.0 Å². The lowest BCUT2D eigenvalue weighted by Crippen LogP contribution is -2.41. The van der Waals surface area contributed by atoms with Crippen molar-refractivity contribution in [1.82, 2.24) is 20.5 Å². The van der Waals surface area contributed by atoms with E-state index in [0.717, 1.165) is 23.3 Å². The monoisotopic (exact) mass is 405 g/mol. The van der Waals surface area contributed by atoms with E-state index in [0.29, 0.717) is 19.0 Å². The van der Waals surface area contributed by atoms with E-state index in [1.54, 1.807) is 6.20 Å². The van der Waals surface area contributed by atoms with E-state index in [9.17, 15) is 0 Å². The maximum absolute atomic E-state index is 6.02. The molecule has 2 aromatic rings. The molecular weight excluding hydrogens is 374 g/mol. The average molecular weight is 406 g/mol. The van der Waals surface area contributed by atoms with Gasteiger partial charge in [0.25, 0.3) is 0 Å². The summed E-state index contributed by atoms with van der Waals surface area (Å²) in [6, 6.07) is 8.14. The number of oxazole rings is 1. The van der Waals surface area contributed by atoms with E-state index in [1.165, 1.54) is 5.56 Å². The molecule has 0 aliphatic carbocycles. The zero-order valence-electron chi connectivity index (χ0n) is 17.7. The van der Waals surface area contributed by atoms with Crippen molar-refractivity contribution in [1.29, 1.82) is 0 Å². The Hall–Kier alpha value is -2.05. The minimum absolute atomic E-state index is 0.0603. The van der Waals surface area contributed by atoms with E-state index in [4.69, 9.17) is 16.0 Å². The van der Waals surface area contributed by atoms with E-state index in [-0.39, 0.29) is 11.5 Å².